The maximum absolute atomic E-state index is 12.2. The van der Waals surface area contributed by atoms with E-state index in [9.17, 15) is 14.7 Å². The molecule has 1 heterocycles. The summed E-state index contributed by atoms with van der Waals surface area (Å²) in [7, 11) is 0. The van der Waals surface area contributed by atoms with Crippen LogP contribution in [0.15, 0.2) is 54.6 Å². The van der Waals surface area contributed by atoms with Crippen molar-refractivity contribution in [2.75, 3.05) is 0 Å². The van der Waals surface area contributed by atoms with Gasteiger partial charge in [0.25, 0.3) is 11.8 Å². The molecule has 0 aromatic heterocycles. The summed E-state index contributed by atoms with van der Waals surface area (Å²) in [5.74, 6) is -1.08. The van der Waals surface area contributed by atoms with Crippen molar-refractivity contribution >= 4 is 11.8 Å². The molecule has 0 saturated carbocycles. The van der Waals surface area contributed by atoms with Gasteiger partial charge >= 0.3 is 0 Å². The first-order chi connectivity index (χ1) is 11.6. The summed E-state index contributed by atoms with van der Waals surface area (Å²) >= 11 is 0. The molecular formula is C17H18N4O3. The lowest BCUT2D eigenvalue weighted by atomic mass is 10.0. The summed E-state index contributed by atoms with van der Waals surface area (Å²) in [6, 6.07) is 15.5. The van der Waals surface area contributed by atoms with Gasteiger partial charge in [-0.25, -0.2) is 10.9 Å². The van der Waals surface area contributed by atoms with Gasteiger partial charge in [0.2, 0.25) is 0 Å². The number of hydrazine groups is 2. The molecule has 3 rings (SSSR count). The highest BCUT2D eigenvalue weighted by Crippen LogP contribution is 2.21. The van der Waals surface area contributed by atoms with E-state index in [0.717, 1.165) is 5.56 Å². The first-order valence-electron chi connectivity index (χ1n) is 7.59. The van der Waals surface area contributed by atoms with Crippen LogP contribution in [0.25, 0.3) is 0 Å². The van der Waals surface area contributed by atoms with Crippen LogP contribution < -0.4 is 21.7 Å². The van der Waals surface area contributed by atoms with Crippen molar-refractivity contribution in [2.45, 2.75) is 18.5 Å². The highest BCUT2D eigenvalue weighted by molar-refractivity contribution is 5.98. The molecular weight excluding hydrogens is 308 g/mol. The molecule has 2 atom stereocenters. The molecule has 7 nitrogen and oxygen atoms in total. The number of para-hydroxylation sites is 1. The predicted octanol–water partition coefficient (Wildman–Crippen LogP) is 0.761. The third-order valence-electron chi connectivity index (χ3n) is 3.87. The molecule has 24 heavy (non-hydrogen) atoms. The number of carbonyl (C=O) groups excluding carboxylic acids is 2. The summed E-state index contributed by atoms with van der Waals surface area (Å²) in [5.41, 5.74) is 11.8. The number of carbonyl (C=O) groups is 2. The molecule has 0 spiro atoms. The van der Waals surface area contributed by atoms with Gasteiger partial charge < -0.3 is 5.11 Å². The minimum Gasteiger partial charge on any atom is -0.507 e. The van der Waals surface area contributed by atoms with E-state index in [4.69, 9.17) is 0 Å². The van der Waals surface area contributed by atoms with Gasteiger partial charge in [0.1, 0.15) is 11.8 Å². The Morgan fingerprint density at radius 2 is 1.67 bits per heavy atom. The Hall–Kier alpha value is -2.90. The Morgan fingerprint density at radius 1 is 0.958 bits per heavy atom. The topological polar surface area (TPSA) is 102 Å². The lowest BCUT2D eigenvalue weighted by Crippen LogP contribution is -2.50. The molecule has 124 valence electrons. The van der Waals surface area contributed by atoms with Gasteiger partial charge in [-0.2, -0.15) is 0 Å². The zero-order valence-electron chi connectivity index (χ0n) is 12.8. The third-order valence-corrected chi connectivity index (χ3v) is 3.87. The van der Waals surface area contributed by atoms with Crippen LogP contribution in [-0.2, 0) is 4.79 Å². The van der Waals surface area contributed by atoms with Crippen molar-refractivity contribution in [1.29, 1.82) is 0 Å². The lowest BCUT2D eigenvalue weighted by Gasteiger charge is -2.12. The molecule has 7 heteroatoms. The predicted molar refractivity (Wildman–Crippen MR) is 87.6 cm³/mol. The zero-order valence-corrected chi connectivity index (χ0v) is 12.8. The fraction of sp³-hybridized carbons (Fsp3) is 0.176. The highest BCUT2D eigenvalue weighted by atomic mass is 16.3. The Labute approximate surface area is 139 Å². The second-order valence-corrected chi connectivity index (χ2v) is 5.50. The molecule has 0 aliphatic carbocycles. The van der Waals surface area contributed by atoms with Crippen LogP contribution in [0.3, 0.4) is 0 Å². The molecule has 0 bridgehead atoms. The first kappa shape index (κ1) is 16.0. The van der Waals surface area contributed by atoms with Gasteiger partial charge in [-0.15, -0.1) is 0 Å². The largest absolute Gasteiger partial charge is 0.507 e. The number of nitrogens with one attached hydrogen (secondary N) is 4. The van der Waals surface area contributed by atoms with Gasteiger partial charge in [0.05, 0.1) is 5.56 Å². The number of amides is 2. The van der Waals surface area contributed by atoms with Crippen molar-refractivity contribution in [1.82, 2.24) is 21.7 Å². The minimum atomic E-state index is -0.577. The SMILES string of the molecule is O=C(NNC(=O)C1CC(c2ccccc2)NN1)c1ccccc1O. The summed E-state index contributed by atoms with van der Waals surface area (Å²) < 4.78 is 0. The van der Waals surface area contributed by atoms with Crippen LogP contribution >= 0.6 is 0 Å². The van der Waals surface area contributed by atoms with Gasteiger partial charge in [-0.05, 0) is 24.1 Å². The number of hydrogen-bond acceptors (Lipinski definition) is 5. The molecule has 0 radical (unpaired) electrons. The highest BCUT2D eigenvalue weighted by Gasteiger charge is 2.30. The molecule has 1 aliphatic heterocycles. The molecule has 2 aromatic carbocycles. The first-order valence-corrected chi connectivity index (χ1v) is 7.59. The fourth-order valence-corrected chi connectivity index (χ4v) is 2.57. The van der Waals surface area contributed by atoms with Crippen LogP contribution in [0.4, 0.5) is 0 Å². The van der Waals surface area contributed by atoms with Crippen molar-refractivity contribution < 1.29 is 14.7 Å². The smallest absolute Gasteiger partial charge is 0.273 e. The van der Waals surface area contributed by atoms with Crippen molar-refractivity contribution in [3.63, 3.8) is 0 Å². The average Bonchev–Trinajstić information content (AvgIpc) is 3.11. The monoisotopic (exact) mass is 326 g/mol. The van der Waals surface area contributed by atoms with E-state index in [-0.39, 0.29) is 23.3 Å². The van der Waals surface area contributed by atoms with Crippen LogP contribution in [0.5, 0.6) is 5.75 Å². The van der Waals surface area contributed by atoms with Gasteiger partial charge in [-0.3, -0.25) is 20.4 Å². The molecule has 5 N–H and O–H groups in total. The molecule has 1 saturated heterocycles. The zero-order chi connectivity index (χ0) is 16.9. The minimum absolute atomic E-state index is 0.0239. The summed E-state index contributed by atoms with van der Waals surface area (Å²) in [4.78, 5) is 24.1. The van der Waals surface area contributed by atoms with E-state index < -0.39 is 11.9 Å². The van der Waals surface area contributed by atoms with Crippen LogP contribution in [0.1, 0.15) is 28.4 Å². The third kappa shape index (κ3) is 3.53. The second-order valence-electron chi connectivity index (χ2n) is 5.50. The Bertz CT molecular complexity index is 736. The molecule has 1 aliphatic rings. The Morgan fingerprint density at radius 3 is 2.42 bits per heavy atom. The molecule has 2 aromatic rings. The number of phenols is 1. The maximum atomic E-state index is 12.2. The van der Waals surface area contributed by atoms with E-state index in [1.807, 2.05) is 30.3 Å². The van der Waals surface area contributed by atoms with Crippen LogP contribution in [0.2, 0.25) is 0 Å². The standard InChI is InChI=1S/C17H18N4O3/c22-15-9-5-4-8-12(15)16(23)20-21-17(24)14-10-13(18-19-14)11-6-2-1-3-7-11/h1-9,13-14,18-19,22H,10H2,(H,20,23)(H,21,24). The summed E-state index contributed by atoms with van der Waals surface area (Å²) in [6.45, 7) is 0. The quantitative estimate of drug-likeness (QED) is 0.536. The van der Waals surface area contributed by atoms with E-state index in [0.29, 0.717) is 6.42 Å². The van der Waals surface area contributed by atoms with Crippen molar-refractivity contribution in [2.24, 2.45) is 0 Å². The van der Waals surface area contributed by atoms with Crippen LogP contribution in [-0.4, -0.2) is 23.0 Å². The molecule has 2 amide bonds. The van der Waals surface area contributed by atoms with Gasteiger partial charge in [0, 0.05) is 6.04 Å². The Kier molecular flexibility index (Phi) is 4.74. The molecule has 1 fully saturated rings. The number of rotatable bonds is 3. The number of phenolic OH excluding ortho intramolecular Hbond substituents is 1. The number of aromatic hydroxyl groups is 1. The normalized spacial score (nSPS) is 19.7. The fourth-order valence-electron chi connectivity index (χ4n) is 2.57. The van der Waals surface area contributed by atoms with E-state index in [1.54, 1.807) is 12.1 Å². The maximum Gasteiger partial charge on any atom is 0.273 e. The van der Waals surface area contributed by atoms with E-state index in [2.05, 4.69) is 21.7 Å². The Balaban J connectivity index is 1.53. The average molecular weight is 326 g/mol. The van der Waals surface area contributed by atoms with Gasteiger partial charge in [0.15, 0.2) is 0 Å². The van der Waals surface area contributed by atoms with Crippen molar-refractivity contribution in [3.8, 4) is 5.75 Å². The van der Waals surface area contributed by atoms with Crippen LogP contribution in [0, 0.1) is 0 Å². The summed E-state index contributed by atoms with van der Waals surface area (Å²) in [6.07, 6.45) is 0.558. The second kappa shape index (κ2) is 7.12. The summed E-state index contributed by atoms with van der Waals surface area (Å²) in [5, 5.41) is 9.62. The lowest BCUT2D eigenvalue weighted by molar-refractivity contribution is -0.123. The van der Waals surface area contributed by atoms with Gasteiger partial charge in [-0.1, -0.05) is 42.5 Å². The van der Waals surface area contributed by atoms with Crippen molar-refractivity contribution in [3.05, 3.63) is 65.7 Å². The van der Waals surface area contributed by atoms with E-state index in [1.165, 1.54) is 12.1 Å². The molecule has 2 unspecified atom stereocenters. The number of hydrogen-bond donors (Lipinski definition) is 5. The van der Waals surface area contributed by atoms with E-state index >= 15 is 0 Å². The number of benzene rings is 2.